The number of rotatable bonds is 5. The van der Waals surface area contributed by atoms with E-state index in [0.717, 1.165) is 25.7 Å². The maximum atomic E-state index is 12.0. The summed E-state index contributed by atoms with van der Waals surface area (Å²) in [5.41, 5.74) is -0.106. The van der Waals surface area contributed by atoms with Crippen molar-refractivity contribution in [1.29, 1.82) is 0 Å². The van der Waals surface area contributed by atoms with Crippen molar-refractivity contribution in [3.63, 3.8) is 0 Å². The fourth-order valence-corrected chi connectivity index (χ4v) is 2.84. The third kappa shape index (κ3) is 4.13. The van der Waals surface area contributed by atoms with E-state index in [1.54, 1.807) is 30.3 Å². The Morgan fingerprint density at radius 3 is 2.78 bits per heavy atom. The summed E-state index contributed by atoms with van der Waals surface area (Å²) in [6.45, 7) is 0.280. The lowest BCUT2D eigenvalue weighted by Crippen LogP contribution is -2.37. The predicted molar refractivity (Wildman–Crippen MR) is 86.6 cm³/mol. The fourth-order valence-electron chi connectivity index (χ4n) is 2.84. The van der Waals surface area contributed by atoms with Gasteiger partial charge >= 0.3 is 0 Å². The summed E-state index contributed by atoms with van der Waals surface area (Å²) >= 11 is 0. The van der Waals surface area contributed by atoms with E-state index in [1.807, 2.05) is 6.07 Å². The lowest BCUT2D eigenvalue weighted by molar-refractivity contribution is -0.0338. The molecule has 2 aromatic rings. The highest BCUT2D eigenvalue weighted by atomic mass is 16.5. The van der Waals surface area contributed by atoms with Crippen LogP contribution in [0.1, 0.15) is 42.7 Å². The third-order valence-corrected chi connectivity index (χ3v) is 4.13. The highest BCUT2D eigenvalue weighted by molar-refractivity contribution is 6.02. The second kappa shape index (κ2) is 6.87. The first-order valence-corrected chi connectivity index (χ1v) is 7.95. The number of ether oxygens (including phenoxy) is 1. The highest BCUT2D eigenvalue weighted by Crippen LogP contribution is 2.29. The number of anilines is 1. The molecular weight excluding hydrogens is 294 g/mol. The van der Waals surface area contributed by atoms with Crippen molar-refractivity contribution in [2.24, 2.45) is 0 Å². The fraction of sp³-hybridized carbons (Fsp3) is 0.389. The van der Waals surface area contributed by atoms with Crippen LogP contribution in [-0.4, -0.2) is 23.2 Å². The van der Waals surface area contributed by atoms with Crippen molar-refractivity contribution in [3.8, 4) is 5.75 Å². The van der Waals surface area contributed by atoms with Crippen LogP contribution in [0.3, 0.4) is 0 Å². The van der Waals surface area contributed by atoms with Crippen LogP contribution < -0.4 is 10.1 Å². The van der Waals surface area contributed by atoms with Crippen LogP contribution in [0.25, 0.3) is 0 Å². The van der Waals surface area contributed by atoms with E-state index >= 15 is 0 Å². The Balaban J connectivity index is 1.60. The Labute approximate surface area is 135 Å². The summed E-state index contributed by atoms with van der Waals surface area (Å²) in [4.78, 5) is 12.0. The average Bonchev–Trinajstić information content (AvgIpc) is 3.09. The molecule has 3 rings (SSSR count). The molecule has 1 amide bonds. The van der Waals surface area contributed by atoms with E-state index in [2.05, 4.69) is 5.32 Å². The molecule has 1 saturated carbocycles. The largest absolute Gasteiger partial charge is 0.491 e. The predicted octanol–water partition coefficient (Wildman–Crippen LogP) is 3.61. The minimum absolute atomic E-state index is 0.257. The van der Waals surface area contributed by atoms with Crippen molar-refractivity contribution >= 4 is 11.6 Å². The lowest BCUT2D eigenvalue weighted by Gasteiger charge is -2.31. The van der Waals surface area contributed by atoms with Gasteiger partial charge in [0.05, 0.1) is 11.9 Å². The molecule has 5 nitrogen and oxygen atoms in total. The summed E-state index contributed by atoms with van der Waals surface area (Å²) in [6.07, 6.45) is 6.28. The summed E-state index contributed by atoms with van der Waals surface area (Å²) < 4.78 is 10.8. The first-order chi connectivity index (χ1) is 11.1. The minimum atomic E-state index is -0.730. The van der Waals surface area contributed by atoms with Gasteiger partial charge in [-0.25, -0.2) is 0 Å². The van der Waals surface area contributed by atoms with Gasteiger partial charge in [0.25, 0.3) is 5.91 Å². The maximum Gasteiger partial charge on any atom is 0.291 e. The van der Waals surface area contributed by atoms with Crippen molar-refractivity contribution in [3.05, 3.63) is 48.4 Å². The molecule has 0 atom stereocenters. The minimum Gasteiger partial charge on any atom is -0.491 e. The Morgan fingerprint density at radius 2 is 2.04 bits per heavy atom. The molecule has 0 radical (unpaired) electrons. The number of hydrogen-bond donors (Lipinski definition) is 2. The van der Waals surface area contributed by atoms with Crippen LogP contribution in [0.4, 0.5) is 5.69 Å². The number of hydrogen-bond acceptors (Lipinski definition) is 4. The molecule has 1 aliphatic carbocycles. The molecule has 1 aromatic carbocycles. The van der Waals surface area contributed by atoms with Gasteiger partial charge in [-0.1, -0.05) is 25.3 Å². The van der Waals surface area contributed by atoms with Crippen LogP contribution in [0.2, 0.25) is 0 Å². The molecular formula is C18H21NO4. The van der Waals surface area contributed by atoms with Crippen molar-refractivity contribution in [2.45, 2.75) is 37.7 Å². The number of aliphatic hydroxyl groups is 1. The number of amides is 1. The number of carbonyl (C=O) groups is 1. The van der Waals surface area contributed by atoms with Gasteiger partial charge in [0.2, 0.25) is 0 Å². The van der Waals surface area contributed by atoms with Gasteiger partial charge < -0.3 is 19.6 Å². The van der Waals surface area contributed by atoms with Crippen LogP contribution in [0.15, 0.2) is 47.1 Å². The van der Waals surface area contributed by atoms with Crippen molar-refractivity contribution < 1.29 is 19.1 Å². The maximum absolute atomic E-state index is 12.0. The summed E-state index contributed by atoms with van der Waals surface area (Å²) in [6, 6.07) is 10.4. The zero-order chi connectivity index (χ0) is 16.1. The molecule has 0 saturated heterocycles. The lowest BCUT2D eigenvalue weighted by atomic mass is 9.85. The zero-order valence-electron chi connectivity index (χ0n) is 13.0. The van der Waals surface area contributed by atoms with Crippen molar-refractivity contribution in [1.82, 2.24) is 0 Å². The van der Waals surface area contributed by atoms with E-state index in [4.69, 9.17) is 9.15 Å². The molecule has 0 unspecified atom stereocenters. The van der Waals surface area contributed by atoms with Gasteiger partial charge in [0.1, 0.15) is 12.4 Å². The molecule has 1 aromatic heterocycles. The Morgan fingerprint density at radius 1 is 1.22 bits per heavy atom. The van der Waals surface area contributed by atoms with Crippen LogP contribution in [0.5, 0.6) is 5.75 Å². The highest BCUT2D eigenvalue weighted by Gasteiger charge is 2.29. The average molecular weight is 315 g/mol. The first kappa shape index (κ1) is 15.6. The molecule has 0 bridgehead atoms. The zero-order valence-corrected chi connectivity index (χ0v) is 13.0. The Kier molecular flexibility index (Phi) is 4.67. The first-order valence-electron chi connectivity index (χ1n) is 7.95. The van der Waals surface area contributed by atoms with Gasteiger partial charge in [0.15, 0.2) is 5.76 Å². The summed E-state index contributed by atoms with van der Waals surface area (Å²) in [5.74, 6) is 0.576. The van der Waals surface area contributed by atoms with Crippen molar-refractivity contribution in [2.75, 3.05) is 11.9 Å². The topological polar surface area (TPSA) is 71.7 Å². The van der Waals surface area contributed by atoms with Crippen LogP contribution >= 0.6 is 0 Å². The molecule has 0 spiro atoms. The van der Waals surface area contributed by atoms with E-state index in [1.165, 1.54) is 12.7 Å². The monoisotopic (exact) mass is 315 g/mol. The van der Waals surface area contributed by atoms with E-state index in [9.17, 15) is 9.90 Å². The van der Waals surface area contributed by atoms with Gasteiger partial charge in [-0.2, -0.15) is 0 Å². The van der Waals surface area contributed by atoms with Crippen LogP contribution in [0, 0.1) is 0 Å². The molecule has 5 heteroatoms. The quantitative estimate of drug-likeness (QED) is 0.884. The van der Waals surface area contributed by atoms with Gasteiger partial charge in [-0.15, -0.1) is 0 Å². The second-order valence-electron chi connectivity index (χ2n) is 6.03. The molecule has 1 aliphatic rings. The second-order valence-corrected chi connectivity index (χ2v) is 6.03. The molecule has 0 aliphatic heterocycles. The number of carbonyl (C=O) groups excluding carboxylic acids is 1. The number of furan rings is 1. The number of nitrogens with one attached hydrogen (secondary N) is 1. The van der Waals surface area contributed by atoms with E-state index in [-0.39, 0.29) is 18.3 Å². The molecule has 1 heterocycles. The summed E-state index contributed by atoms with van der Waals surface area (Å²) in [7, 11) is 0. The van der Waals surface area contributed by atoms with Crippen LogP contribution in [-0.2, 0) is 0 Å². The molecule has 1 fully saturated rings. The van der Waals surface area contributed by atoms with E-state index < -0.39 is 5.60 Å². The Hall–Kier alpha value is -2.27. The third-order valence-electron chi connectivity index (χ3n) is 4.13. The van der Waals surface area contributed by atoms with Gasteiger partial charge in [0, 0.05) is 11.8 Å². The van der Waals surface area contributed by atoms with E-state index in [0.29, 0.717) is 11.4 Å². The molecule has 122 valence electrons. The summed E-state index contributed by atoms with van der Waals surface area (Å²) in [5, 5.41) is 13.2. The van der Waals surface area contributed by atoms with Gasteiger partial charge in [-0.3, -0.25) is 4.79 Å². The molecule has 2 N–H and O–H groups in total. The Bertz CT molecular complexity index is 645. The molecule has 23 heavy (non-hydrogen) atoms. The smallest absolute Gasteiger partial charge is 0.291 e. The standard InChI is InChI=1S/C18H21NO4/c20-17(16-8-5-11-22-16)19-14-6-4-7-15(12-14)23-13-18(21)9-2-1-3-10-18/h4-8,11-12,21H,1-3,9-10,13H2,(H,19,20). The number of benzene rings is 1. The normalized spacial score (nSPS) is 16.7. The SMILES string of the molecule is O=C(Nc1cccc(OCC2(O)CCCCC2)c1)c1ccco1. The van der Waals surface area contributed by atoms with Gasteiger partial charge in [-0.05, 0) is 37.1 Å².